The van der Waals surface area contributed by atoms with E-state index in [4.69, 9.17) is 8.85 Å². The molecule has 0 aliphatic rings. The van der Waals surface area contributed by atoms with Gasteiger partial charge in [0.05, 0.1) is 6.61 Å². The first-order valence-corrected chi connectivity index (χ1v) is 18.5. The molecule has 0 aliphatic heterocycles. The predicted molar refractivity (Wildman–Crippen MR) is 143 cm³/mol. The second-order valence-electron chi connectivity index (χ2n) is 9.53. The van der Waals surface area contributed by atoms with Crippen LogP contribution >= 0.6 is 0 Å². The number of benzene rings is 1. The summed E-state index contributed by atoms with van der Waals surface area (Å²) in [6.07, 6.45) is 10.3. The molecule has 2 nitrogen and oxygen atoms in total. The minimum absolute atomic E-state index is 0.759. The van der Waals surface area contributed by atoms with Crippen LogP contribution in [0.25, 0.3) is 0 Å². The lowest BCUT2D eigenvalue weighted by atomic mass is 10.2. The Bertz CT molecular complexity index is 560. The lowest BCUT2D eigenvalue weighted by Crippen LogP contribution is -2.40. The van der Waals surface area contributed by atoms with E-state index in [2.05, 4.69) is 65.8 Å². The van der Waals surface area contributed by atoms with Crippen LogP contribution < -0.4 is 4.43 Å². The molecule has 0 saturated heterocycles. The van der Waals surface area contributed by atoms with E-state index in [-0.39, 0.29) is 0 Å². The quantitative estimate of drug-likeness (QED) is 0.190. The van der Waals surface area contributed by atoms with Crippen LogP contribution in [0.2, 0.25) is 36.3 Å². The molecule has 0 aromatic heterocycles. The van der Waals surface area contributed by atoms with Crippen LogP contribution in [0.4, 0.5) is 0 Å². The molecule has 0 heterocycles. The largest absolute Gasteiger partial charge is 0.543 e. The predicted octanol–water partition coefficient (Wildman–Crippen LogP) is 9.71. The van der Waals surface area contributed by atoms with E-state index >= 15 is 0 Å². The summed E-state index contributed by atoms with van der Waals surface area (Å²) in [6, 6.07) is 16.5. The molecule has 1 aromatic rings. The number of unbranched alkanes of at least 4 members (excludes halogenated alkanes) is 4. The van der Waals surface area contributed by atoms with Gasteiger partial charge in [0.2, 0.25) is 0 Å². The lowest BCUT2D eigenvalue weighted by Gasteiger charge is -2.32. The van der Waals surface area contributed by atoms with Gasteiger partial charge in [-0.1, -0.05) is 105 Å². The first-order valence-electron chi connectivity index (χ1n) is 13.4. The van der Waals surface area contributed by atoms with Crippen molar-refractivity contribution in [1.29, 1.82) is 0 Å². The highest BCUT2D eigenvalue weighted by atomic mass is 28.4. The summed E-state index contributed by atoms with van der Waals surface area (Å²) < 4.78 is 13.7. The zero-order valence-electron chi connectivity index (χ0n) is 21.7. The first kappa shape index (κ1) is 28.4. The molecule has 0 fully saturated rings. The van der Waals surface area contributed by atoms with Crippen LogP contribution in [0.5, 0.6) is 5.75 Å². The second-order valence-corrected chi connectivity index (χ2v) is 18.2. The fourth-order valence-corrected chi connectivity index (χ4v) is 12.4. The minimum Gasteiger partial charge on any atom is -0.543 e. The maximum Gasteiger partial charge on any atom is 0.251 e. The Balaban J connectivity index is 2.92. The van der Waals surface area contributed by atoms with Gasteiger partial charge in [0.25, 0.3) is 8.32 Å². The van der Waals surface area contributed by atoms with Crippen LogP contribution in [-0.4, -0.2) is 16.6 Å². The van der Waals surface area contributed by atoms with Gasteiger partial charge in [0.15, 0.2) is 8.32 Å². The van der Waals surface area contributed by atoms with E-state index in [0.29, 0.717) is 0 Å². The highest BCUT2D eigenvalue weighted by Gasteiger charge is 2.34. The first-order chi connectivity index (χ1) is 15.0. The van der Waals surface area contributed by atoms with E-state index in [1.54, 1.807) is 0 Å². The smallest absolute Gasteiger partial charge is 0.251 e. The molecule has 1 rings (SSSR count). The van der Waals surface area contributed by atoms with Crippen LogP contribution in [0, 0.1) is 0 Å². The Morgan fingerprint density at radius 3 is 1.58 bits per heavy atom. The molecule has 0 aliphatic carbocycles. The van der Waals surface area contributed by atoms with Gasteiger partial charge in [-0.15, -0.1) is 0 Å². The van der Waals surface area contributed by atoms with E-state index in [1.165, 1.54) is 93.2 Å². The number of hydrogen-bond donors (Lipinski definition) is 0. The van der Waals surface area contributed by atoms with Crippen molar-refractivity contribution in [2.75, 3.05) is 0 Å². The van der Waals surface area contributed by atoms with Crippen LogP contribution in [0.15, 0.2) is 24.3 Å². The molecular formula is C27H52O2Si2. The monoisotopic (exact) mass is 464 g/mol. The molecule has 0 spiro atoms. The molecule has 180 valence electrons. The molecule has 0 saturated carbocycles. The fourth-order valence-electron chi connectivity index (χ4n) is 4.56. The standard InChI is InChI=1S/C27H52O2Si2/c1-7-13-20-30(11-5,21-14-8-2)28-25-26-18-17-19-27(24-26)29-31(12-6,22-15-9-3)23-16-10-4/h17-19,24H,7-16,20-23,25H2,1-6H3. The second kappa shape index (κ2) is 16.1. The van der Waals surface area contributed by atoms with Gasteiger partial charge >= 0.3 is 0 Å². The summed E-state index contributed by atoms with van der Waals surface area (Å²) in [4.78, 5) is 0. The summed E-state index contributed by atoms with van der Waals surface area (Å²) in [5.41, 5.74) is 1.29. The van der Waals surface area contributed by atoms with Crippen molar-refractivity contribution in [2.45, 2.75) is 136 Å². The van der Waals surface area contributed by atoms with Gasteiger partial charge in [0, 0.05) is 0 Å². The summed E-state index contributed by atoms with van der Waals surface area (Å²) in [7, 11) is -3.34. The van der Waals surface area contributed by atoms with Gasteiger partial charge in [0.1, 0.15) is 5.75 Å². The highest BCUT2D eigenvalue weighted by Crippen LogP contribution is 2.31. The number of hydrogen-bond acceptors (Lipinski definition) is 2. The third-order valence-corrected chi connectivity index (χ3v) is 16.1. The summed E-state index contributed by atoms with van der Waals surface area (Å²) in [5.74, 6) is 1.09. The maximum atomic E-state index is 6.88. The Morgan fingerprint density at radius 1 is 0.645 bits per heavy atom. The van der Waals surface area contributed by atoms with Crippen LogP contribution in [0.3, 0.4) is 0 Å². The third kappa shape index (κ3) is 10.3. The van der Waals surface area contributed by atoms with Crippen LogP contribution in [-0.2, 0) is 11.0 Å². The third-order valence-electron chi connectivity index (χ3n) is 7.01. The lowest BCUT2D eigenvalue weighted by molar-refractivity contribution is 0.283. The zero-order valence-corrected chi connectivity index (χ0v) is 23.7. The molecule has 0 unspecified atom stereocenters. The molecular weight excluding hydrogens is 412 g/mol. The van der Waals surface area contributed by atoms with E-state index in [0.717, 1.165) is 12.4 Å². The van der Waals surface area contributed by atoms with Gasteiger partial charge in [-0.25, -0.2) is 0 Å². The van der Waals surface area contributed by atoms with E-state index < -0.39 is 16.6 Å². The molecule has 4 heteroatoms. The summed E-state index contributed by atoms with van der Waals surface area (Å²) in [6.45, 7) is 14.7. The molecule has 0 N–H and O–H groups in total. The van der Waals surface area contributed by atoms with Gasteiger partial charge in [-0.2, -0.15) is 0 Å². The van der Waals surface area contributed by atoms with Crippen molar-refractivity contribution in [1.82, 2.24) is 0 Å². The van der Waals surface area contributed by atoms with Crippen molar-refractivity contribution >= 4 is 16.6 Å². The van der Waals surface area contributed by atoms with Gasteiger partial charge in [-0.3, -0.25) is 0 Å². The van der Waals surface area contributed by atoms with Crippen molar-refractivity contribution < 1.29 is 8.85 Å². The Hall–Kier alpha value is -0.586. The number of rotatable bonds is 19. The molecule has 0 bridgehead atoms. The molecule has 0 radical (unpaired) electrons. The average Bonchev–Trinajstić information content (AvgIpc) is 2.81. The SMILES string of the molecule is CCCC[Si](CC)(CCCC)OCc1cccc(O[Si](CC)(CCCC)CCCC)c1. The highest BCUT2D eigenvalue weighted by molar-refractivity contribution is 6.74. The maximum absolute atomic E-state index is 6.88. The normalized spacial score (nSPS) is 12.3. The van der Waals surface area contributed by atoms with Crippen molar-refractivity contribution in [2.24, 2.45) is 0 Å². The molecule has 1 aromatic carbocycles. The fraction of sp³-hybridized carbons (Fsp3) is 0.778. The summed E-state index contributed by atoms with van der Waals surface area (Å²) >= 11 is 0. The van der Waals surface area contributed by atoms with Crippen molar-refractivity contribution in [3.8, 4) is 5.75 Å². The van der Waals surface area contributed by atoms with Gasteiger partial charge in [-0.05, 0) is 54.0 Å². The van der Waals surface area contributed by atoms with Gasteiger partial charge < -0.3 is 8.85 Å². The van der Waals surface area contributed by atoms with Crippen molar-refractivity contribution in [3.63, 3.8) is 0 Å². The van der Waals surface area contributed by atoms with Crippen LogP contribution in [0.1, 0.15) is 98.5 Å². The minimum atomic E-state index is -1.71. The average molecular weight is 465 g/mol. The van der Waals surface area contributed by atoms with E-state index in [1.807, 2.05) is 0 Å². The topological polar surface area (TPSA) is 18.5 Å². The van der Waals surface area contributed by atoms with Crippen molar-refractivity contribution in [3.05, 3.63) is 29.8 Å². The molecule has 0 atom stereocenters. The molecule has 31 heavy (non-hydrogen) atoms. The molecule has 0 amide bonds. The Labute approximate surface area is 196 Å². The Morgan fingerprint density at radius 2 is 1.13 bits per heavy atom. The Kier molecular flexibility index (Phi) is 14.8. The van der Waals surface area contributed by atoms with E-state index in [9.17, 15) is 0 Å². The zero-order chi connectivity index (χ0) is 23.0. The summed E-state index contributed by atoms with van der Waals surface area (Å²) in [5, 5.41) is 0.